The van der Waals surface area contributed by atoms with Crippen molar-refractivity contribution < 1.29 is 0 Å². The molecule has 1 N–H and O–H groups in total. The first-order chi connectivity index (χ1) is 11.8. The molecular weight excluding hydrogens is 296 g/mol. The Hall–Kier alpha value is -1.55. The summed E-state index contributed by atoms with van der Waals surface area (Å²) in [7, 11) is 1.88. The number of guanidine groups is 1. The molecule has 0 radical (unpaired) electrons. The summed E-state index contributed by atoms with van der Waals surface area (Å²) >= 11 is 0. The van der Waals surface area contributed by atoms with Crippen LogP contribution < -0.4 is 5.32 Å². The predicted molar refractivity (Wildman–Crippen MR) is 101 cm³/mol. The van der Waals surface area contributed by atoms with Gasteiger partial charge in [0.15, 0.2) is 5.96 Å². The van der Waals surface area contributed by atoms with E-state index in [0.29, 0.717) is 0 Å². The quantitative estimate of drug-likeness (QED) is 0.680. The molecule has 0 aromatic heterocycles. The number of nitrogens with zero attached hydrogens (tertiary/aromatic N) is 3. The van der Waals surface area contributed by atoms with E-state index in [1.807, 2.05) is 7.05 Å². The van der Waals surface area contributed by atoms with Crippen LogP contribution in [0, 0.1) is 0 Å². The molecule has 0 aliphatic carbocycles. The third-order valence-electron chi connectivity index (χ3n) is 5.20. The zero-order valence-corrected chi connectivity index (χ0v) is 15.1. The maximum Gasteiger partial charge on any atom is 0.193 e. The van der Waals surface area contributed by atoms with Crippen molar-refractivity contribution in [3.8, 4) is 0 Å². The highest BCUT2D eigenvalue weighted by molar-refractivity contribution is 5.80. The van der Waals surface area contributed by atoms with Gasteiger partial charge >= 0.3 is 0 Å². The van der Waals surface area contributed by atoms with Crippen molar-refractivity contribution in [1.29, 1.82) is 0 Å². The zero-order chi connectivity index (χ0) is 16.6. The molecule has 1 aromatic rings. The number of benzene rings is 1. The topological polar surface area (TPSA) is 30.9 Å². The third kappa shape index (κ3) is 4.97. The molecule has 0 unspecified atom stereocenters. The summed E-state index contributed by atoms with van der Waals surface area (Å²) in [4.78, 5) is 9.38. The lowest BCUT2D eigenvalue weighted by molar-refractivity contribution is 0.277. The monoisotopic (exact) mass is 328 g/mol. The van der Waals surface area contributed by atoms with Crippen LogP contribution in [0.5, 0.6) is 0 Å². The minimum atomic E-state index is 0.854. The van der Waals surface area contributed by atoms with Gasteiger partial charge in [0.25, 0.3) is 0 Å². The van der Waals surface area contributed by atoms with Gasteiger partial charge in [-0.05, 0) is 49.9 Å². The number of hydrogen-bond acceptors (Lipinski definition) is 2. The Bertz CT molecular complexity index is 509. The van der Waals surface area contributed by atoms with Gasteiger partial charge < -0.3 is 10.2 Å². The molecule has 2 aliphatic rings. The van der Waals surface area contributed by atoms with E-state index in [-0.39, 0.29) is 0 Å². The van der Waals surface area contributed by atoms with Crippen molar-refractivity contribution in [1.82, 2.24) is 15.1 Å². The lowest BCUT2D eigenvalue weighted by atomic mass is 10.1. The second kappa shape index (κ2) is 9.07. The van der Waals surface area contributed by atoms with Crippen molar-refractivity contribution in [2.45, 2.75) is 51.6 Å². The van der Waals surface area contributed by atoms with Crippen LogP contribution in [-0.4, -0.2) is 49.0 Å². The lowest BCUT2D eigenvalue weighted by Gasteiger charge is -2.21. The molecule has 0 amide bonds. The van der Waals surface area contributed by atoms with Crippen LogP contribution >= 0.6 is 0 Å². The summed E-state index contributed by atoms with van der Waals surface area (Å²) in [5.74, 6) is 1.04. The Morgan fingerprint density at radius 1 is 0.875 bits per heavy atom. The molecule has 4 nitrogen and oxygen atoms in total. The minimum absolute atomic E-state index is 0.854. The van der Waals surface area contributed by atoms with Gasteiger partial charge in [-0.3, -0.25) is 9.89 Å². The second-order valence-corrected chi connectivity index (χ2v) is 7.10. The SMILES string of the molecule is CN=C(NCc1ccc(CN2CCCCCC2)cc1)N1CCCC1. The highest BCUT2D eigenvalue weighted by Gasteiger charge is 2.15. The Balaban J connectivity index is 1.48. The summed E-state index contributed by atoms with van der Waals surface area (Å²) < 4.78 is 0. The van der Waals surface area contributed by atoms with E-state index in [1.165, 1.54) is 62.7 Å². The summed E-state index contributed by atoms with van der Waals surface area (Å²) in [6, 6.07) is 9.11. The van der Waals surface area contributed by atoms with E-state index in [1.54, 1.807) is 0 Å². The molecule has 1 aromatic carbocycles. The molecule has 2 saturated heterocycles. The van der Waals surface area contributed by atoms with Crippen LogP contribution in [0.25, 0.3) is 0 Å². The van der Waals surface area contributed by atoms with Gasteiger partial charge in [0.05, 0.1) is 0 Å². The number of rotatable bonds is 4. The van der Waals surface area contributed by atoms with Gasteiger partial charge in [-0.1, -0.05) is 37.1 Å². The van der Waals surface area contributed by atoms with Crippen molar-refractivity contribution in [3.05, 3.63) is 35.4 Å². The van der Waals surface area contributed by atoms with Crippen LogP contribution in [0.3, 0.4) is 0 Å². The Kier molecular flexibility index (Phi) is 6.53. The number of aliphatic imine (C=N–C) groups is 1. The minimum Gasteiger partial charge on any atom is -0.352 e. The van der Waals surface area contributed by atoms with Gasteiger partial charge in [-0.25, -0.2) is 0 Å². The van der Waals surface area contributed by atoms with Crippen LogP contribution in [0.2, 0.25) is 0 Å². The second-order valence-electron chi connectivity index (χ2n) is 7.10. The van der Waals surface area contributed by atoms with Gasteiger partial charge in [0.1, 0.15) is 0 Å². The molecule has 24 heavy (non-hydrogen) atoms. The Morgan fingerprint density at radius 3 is 2.08 bits per heavy atom. The first-order valence-corrected chi connectivity index (χ1v) is 9.61. The largest absolute Gasteiger partial charge is 0.352 e. The summed E-state index contributed by atoms with van der Waals surface area (Å²) in [5.41, 5.74) is 2.76. The Morgan fingerprint density at radius 2 is 1.46 bits per heavy atom. The lowest BCUT2D eigenvalue weighted by Crippen LogP contribution is -2.39. The maximum absolute atomic E-state index is 4.41. The molecule has 3 rings (SSSR count). The first kappa shape index (κ1) is 17.3. The van der Waals surface area contributed by atoms with E-state index in [2.05, 4.69) is 44.4 Å². The van der Waals surface area contributed by atoms with Gasteiger partial charge in [0.2, 0.25) is 0 Å². The smallest absolute Gasteiger partial charge is 0.193 e. The van der Waals surface area contributed by atoms with Crippen molar-refractivity contribution in [2.24, 2.45) is 4.99 Å². The van der Waals surface area contributed by atoms with Crippen molar-refractivity contribution in [3.63, 3.8) is 0 Å². The van der Waals surface area contributed by atoms with E-state index < -0.39 is 0 Å². The van der Waals surface area contributed by atoms with E-state index in [0.717, 1.165) is 32.1 Å². The molecule has 0 saturated carbocycles. The van der Waals surface area contributed by atoms with Gasteiger partial charge in [0, 0.05) is 33.2 Å². The van der Waals surface area contributed by atoms with E-state index in [4.69, 9.17) is 0 Å². The van der Waals surface area contributed by atoms with E-state index >= 15 is 0 Å². The fourth-order valence-electron chi connectivity index (χ4n) is 3.76. The fraction of sp³-hybridized carbons (Fsp3) is 0.650. The highest BCUT2D eigenvalue weighted by Crippen LogP contribution is 2.14. The number of likely N-dealkylation sites (tertiary alicyclic amines) is 2. The molecule has 2 aliphatic heterocycles. The van der Waals surface area contributed by atoms with Gasteiger partial charge in [-0.2, -0.15) is 0 Å². The number of nitrogens with one attached hydrogen (secondary N) is 1. The summed E-state index contributed by atoms with van der Waals surface area (Å²) in [6.07, 6.45) is 8.09. The molecule has 0 atom stereocenters. The van der Waals surface area contributed by atoms with Crippen LogP contribution in [-0.2, 0) is 13.1 Å². The van der Waals surface area contributed by atoms with Crippen molar-refractivity contribution in [2.75, 3.05) is 33.2 Å². The molecule has 132 valence electrons. The normalized spacial score (nSPS) is 20.2. The molecule has 0 spiro atoms. The maximum atomic E-state index is 4.41. The average molecular weight is 329 g/mol. The first-order valence-electron chi connectivity index (χ1n) is 9.61. The molecule has 2 fully saturated rings. The molecule has 4 heteroatoms. The third-order valence-corrected chi connectivity index (χ3v) is 5.20. The number of hydrogen-bond donors (Lipinski definition) is 1. The van der Waals surface area contributed by atoms with E-state index in [9.17, 15) is 0 Å². The van der Waals surface area contributed by atoms with Crippen LogP contribution in [0.1, 0.15) is 49.7 Å². The van der Waals surface area contributed by atoms with Crippen LogP contribution in [0.4, 0.5) is 0 Å². The summed E-state index contributed by atoms with van der Waals surface area (Å²) in [5, 5.41) is 3.50. The highest BCUT2D eigenvalue weighted by atomic mass is 15.3. The standard InChI is InChI=1S/C20H32N4/c1-21-20(24-14-6-7-15-24)22-16-18-8-10-19(11-9-18)17-23-12-4-2-3-5-13-23/h8-11H,2-7,12-17H2,1H3,(H,21,22). The molecule has 0 bridgehead atoms. The Labute approximate surface area is 146 Å². The average Bonchev–Trinajstić information content (AvgIpc) is 3.02. The van der Waals surface area contributed by atoms with Gasteiger partial charge in [-0.15, -0.1) is 0 Å². The van der Waals surface area contributed by atoms with Crippen LogP contribution in [0.15, 0.2) is 29.3 Å². The molecular formula is C20H32N4. The van der Waals surface area contributed by atoms with Crippen molar-refractivity contribution >= 4 is 5.96 Å². The molecule has 2 heterocycles. The zero-order valence-electron chi connectivity index (χ0n) is 15.1. The summed E-state index contributed by atoms with van der Waals surface area (Å²) in [6.45, 7) is 6.74. The predicted octanol–water partition coefficient (Wildman–Crippen LogP) is 3.23. The fourth-order valence-corrected chi connectivity index (χ4v) is 3.76.